The number of halogens is 3. The second kappa shape index (κ2) is 7.89. The van der Waals surface area contributed by atoms with Crippen molar-refractivity contribution in [3.05, 3.63) is 65.2 Å². The summed E-state index contributed by atoms with van der Waals surface area (Å²) in [4.78, 5) is 0. The molecule has 0 saturated carbocycles. The summed E-state index contributed by atoms with van der Waals surface area (Å²) < 4.78 is 48.6. The van der Waals surface area contributed by atoms with Gasteiger partial charge in [-0.3, -0.25) is 0 Å². The average molecular weight is 334 g/mol. The quantitative estimate of drug-likeness (QED) is 0.587. The fourth-order valence-electron chi connectivity index (χ4n) is 2.00. The molecule has 24 heavy (non-hydrogen) atoms. The van der Waals surface area contributed by atoms with Crippen molar-refractivity contribution < 1.29 is 22.6 Å². The molecule has 0 aliphatic rings. The average Bonchev–Trinajstić information content (AvgIpc) is 2.54. The maximum absolute atomic E-state index is 12.5. The monoisotopic (exact) mass is 334 g/mol. The van der Waals surface area contributed by atoms with E-state index in [1.165, 1.54) is 12.1 Å². The van der Waals surface area contributed by atoms with E-state index in [0.29, 0.717) is 23.5 Å². The van der Waals surface area contributed by atoms with E-state index in [2.05, 4.69) is 11.8 Å². The first-order valence-electron chi connectivity index (χ1n) is 7.46. The Hall–Kier alpha value is -2.45. The third-order valence-electron chi connectivity index (χ3n) is 3.14. The lowest BCUT2D eigenvalue weighted by Gasteiger charge is -2.15. The molecular formula is C19H17F3O2. The second-order valence-electron chi connectivity index (χ2n) is 4.96. The SMILES string of the molecule is CCOC(C)Oc1ccccc1C#Cc1ccc(C(F)(F)F)cc1. The summed E-state index contributed by atoms with van der Waals surface area (Å²) in [5, 5.41) is 0. The maximum Gasteiger partial charge on any atom is 0.416 e. The van der Waals surface area contributed by atoms with Gasteiger partial charge in [-0.25, -0.2) is 0 Å². The highest BCUT2D eigenvalue weighted by Gasteiger charge is 2.29. The van der Waals surface area contributed by atoms with Crippen LogP contribution in [0.5, 0.6) is 5.75 Å². The molecule has 2 aromatic rings. The highest BCUT2D eigenvalue weighted by atomic mass is 19.4. The lowest BCUT2D eigenvalue weighted by molar-refractivity contribution is -0.137. The Labute approximate surface area is 139 Å². The maximum atomic E-state index is 12.5. The molecule has 0 heterocycles. The molecule has 0 radical (unpaired) electrons. The molecule has 1 unspecified atom stereocenters. The van der Waals surface area contributed by atoms with Crippen LogP contribution in [0.25, 0.3) is 0 Å². The van der Waals surface area contributed by atoms with E-state index < -0.39 is 18.0 Å². The van der Waals surface area contributed by atoms with Gasteiger partial charge in [0.2, 0.25) is 0 Å². The first-order chi connectivity index (χ1) is 11.4. The summed E-state index contributed by atoms with van der Waals surface area (Å²) in [5.41, 5.74) is 0.446. The van der Waals surface area contributed by atoms with Gasteiger partial charge in [-0.05, 0) is 50.2 Å². The Kier molecular flexibility index (Phi) is 5.88. The van der Waals surface area contributed by atoms with Gasteiger partial charge in [0.25, 0.3) is 0 Å². The van der Waals surface area contributed by atoms with Crippen molar-refractivity contribution >= 4 is 0 Å². The zero-order valence-corrected chi connectivity index (χ0v) is 13.4. The predicted octanol–water partition coefficient (Wildman–Crippen LogP) is 4.87. The fraction of sp³-hybridized carbons (Fsp3) is 0.263. The summed E-state index contributed by atoms with van der Waals surface area (Å²) in [6.45, 7) is 4.18. The molecule has 0 bridgehead atoms. The third-order valence-corrected chi connectivity index (χ3v) is 3.14. The number of ether oxygens (including phenoxy) is 2. The molecule has 1 atom stereocenters. The van der Waals surface area contributed by atoms with Crippen LogP contribution in [0.15, 0.2) is 48.5 Å². The molecule has 0 spiro atoms. The molecule has 5 heteroatoms. The lowest BCUT2D eigenvalue weighted by Crippen LogP contribution is -2.16. The smallest absolute Gasteiger partial charge is 0.416 e. The minimum atomic E-state index is -4.35. The van der Waals surface area contributed by atoms with Crippen molar-refractivity contribution in [3.8, 4) is 17.6 Å². The van der Waals surface area contributed by atoms with Gasteiger partial charge in [0, 0.05) is 12.2 Å². The van der Waals surface area contributed by atoms with Gasteiger partial charge in [-0.15, -0.1) is 0 Å². The van der Waals surface area contributed by atoms with Crippen LogP contribution in [0.4, 0.5) is 13.2 Å². The number of rotatable bonds is 4. The van der Waals surface area contributed by atoms with Crippen LogP contribution < -0.4 is 4.74 Å². The van der Waals surface area contributed by atoms with E-state index in [1.807, 2.05) is 19.1 Å². The molecule has 126 valence electrons. The fourth-order valence-corrected chi connectivity index (χ4v) is 2.00. The van der Waals surface area contributed by atoms with E-state index in [9.17, 15) is 13.2 Å². The van der Waals surface area contributed by atoms with Gasteiger partial charge in [-0.2, -0.15) is 13.2 Å². The Bertz CT molecular complexity index is 725. The first-order valence-corrected chi connectivity index (χ1v) is 7.46. The minimum absolute atomic E-state index is 0.413. The largest absolute Gasteiger partial charge is 0.464 e. The van der Waals surface area contributed by atoms with Crippen molar-refractivity contribution in [2.75, 3.05) is 6.61 Å². The predicted molar refractivity (Wildman–Crippen MR) is 85.6 cm³/mol. The molecule has 2 rings (SSSR count). The van der Waals surface area contributed by atoms with E-state index in [0.717, 1.165) is 12.1 Å². The van der Waals surface area contributed by atoms with E-state index in [4.69, 9.17) is 9.47 Å². The highest BCUT2D eigenvalue weighted by molar-refractivity contribution is 5.50. The van der Waals surface area contributed by atoms with E-state index >= 15 is 0 Å². The molecule has 0 saturated heterocycles. The van der Waals surface area contributed by atoms with Crippen LogP contribution in [0.1, 0.15) is 30.5 Å². The Morgan fingerprint density at radius 1 is 1.00 bits per heavy atom. The molecule has 0 amide bonds. The van der Waals surface area contributed by atoms with Crippen LogP contribution in [-0.2, 0) is 10.9 Å². The normalized spacial score (nSPS) is 12.2. The zero-order valence-electron chi connectivity index (χ0n) is 13.4. The third kappa shape index (κ3) is 5.04. The summed E-state index contributed by atoms with van der Waals surface area (Å²) in [6, 6.07) is 11.9. The highest BCUT2D eigenvalue weighted by Crippen LogP contribution is 2.29. The molecule has 0 aliphatic heterocycles. The number of alkyl halides is 3. The zero-order chi connectivity index (χ0) is 17.6. The molecule has 2 aromatic carbocycles. The Morgan fingerprint density at radius 2 is 1.67 bits per heavy atom. The van der Waals surface area contributed by atoms with Crippen molar-refractivity contribution in [2.45, 2.75) is 26.3 Å². The van der Waals surface area contributed by atoms with Gasteiger partial charge >= 0.3 is 6.18 Å². The van der Waals surface area contributed by atoms with Crippen LogP contribution in [-0.4, -0.2) is 12.9 Å². The Morgan fingerprint density at radius 3 is 2.29 bits per heavy atom. The number of benzene rings is 2. The first kappa shape index (κ1) is 17.9. The van der Waals surface area contributed by atoms with E-state index in [1.54, 1.807) is 19.1 Å². The van der Waals surface area contributed by atoms with Crippen LogP contribution in [0.3, 0.4) is 0 Å². The molecule has 0 aliphatic carbocycles. The van der Waals surface area contributed by atoms with Crippen molar-refractivity contribution in [1.82, 2.24) is 0 Å². The summed E-state index contributed by atoms with van der Waals surface area (Å²) in [7, 11) is 0. The van der Waals surface area contributed by atoms with Gasteiger partial charge in [0.15, 0.2) is 6.29 Å². The number of para-hydroxylation sites is 1. The number of hydrogen-bond donors (Lipinski definition) is 0. The molecule has 2 nitrogen and oxygen atoms in total. The lowest BCUT2D eigenvalue weighted by atomic mass is 10.1. The van der Waals surface area contributed by atoms with Gasteiger partial charge in [-0.1, -0.05) is 24.0 Å². The molecule has 0 N–H and O–H groups in total. The van der Waals surface area contributed by atoms with Crippen LogP contribution in [0, 0.1) is 11.8 Å². The molecular weight excluding hydrogens is 317 g/mol. The standard InChI is InChI=1S/C19H17F3O2/c1-3-23-14(2)24-18-7-5-4-6-16(18)11-8-15-9-12-17(13-10-15)19(20,21)22/h4-7,9-10,12-14H,3H2,1-2H3. The topological polar surface area (TPSA) is 18.5 Å². The van der Waals surface area contributed by atoms with Crippen LogP contribution >= 0.6 is 0 Å². The Balaban J connectivity index is 2.19. The molecule has 0 fully saturated rings. The van der Waals surface area contributed by atoms with Crippen molar-refractivity contribution in [3.63, 3.8) is 0 Å². The van der Waals surface area contributed by atoms with Crippen molar-refractivity contribution in [2.24, 2.45) is 0 Å². The van der Waals surface area contributed by atoms with Gasteiger partial charge in [0.05, 0.1) is 11.1 Å². The van der Waals surface area contributed by atoms with Gasteiger partial charge < -0.3 is 9.47 Å². The second-order valence-corrected chi connectivity index (χ2v) is 4.96. The summed E-state index contributed by atoms with van der Waals surface area (Å²) >= 11 is 0. The minimum Gasteiger partial charge on any atom is -0.464 e. The molecule has 0 aromatic heterocycles. The number of hydrogen-bond acceptors (Lipinski definition) is 2. The van der Waals surface area contributed by atoms with Crippen LogP contribution in [0.2, 0.25) is 0 Å². The van der Waals surface area contributed by atoms with Crippen molar-refractivity contribution in [1.29, 1.82) is 0 Å². The van der Waals surface area contributed by atoms with E-state index in [-0.39, 0.29) is 0 Å². The summed E-state index contributed by atoms with van der Waals surface area (Å²) in [5.74, 6) is 6.34. The summed E-state index contributed by atoms with van der Waals surface area (Å²) in [6.07, 6.45) is -4.76. The van der Waals surface area contributed by atoms with Gasteiger partial charge in [0.1, 0.15) is 5.75 Å².